The maximum atomic E-state index is 12.3. The summed E-state index contributed by atoms with van der Waals surface area (Å²) in [6, 6.07) is 9.89. The molecule has 0 fully saturated rings. The molecule has 0 unspecified atom stereocenters. The van der Waals surface area contributed by atoms with Gasteiger partial charge in [0.05, 0.1) is 5.56 Å². The van der Waals surface area contributed by atoms with Crippen molar-refractivity contribution in [3.05, 3.63) is 65.6 Å². The van der Waals surface area contributed by atoms with Gasteiger partial charge in [-0.15, -0.1) is 0 Å². The fraction of sp³-hybridized carbons (Fsp3) is 0.125. The van der Waals surface area contributed by atoms with E-state index in [0.717, 1.165) is 0 Å². The smallest absolute Gasteiger partial charge is 0.286 e. The maximum absolute atomic E-state index is 12.3. The molecule has 0 saturated carbocycles. The normalized spacial score (nSPS) is 10.3. The lowest BCUT2D eigenvalue weighted by Gasteiger charge is -2.11. The van der Waals surface area contributed by atoms with Crippen LogP contribution < -0.4 is 15.6 Å². The van der Waals surface area contributed by atoms with E-state index >= 15 is 0 Å². The van der Waals surface area contributed by atoms with Crippen molar-refractivity contribution in [2.45, 2.75) is 13.5 Å². The van der Waals surface area contributed by atoms with Gasteiger partial charge in [0.1, 0.15) is 11.4 Å². The van der Waals surface area contributed by atoms with Crippen LogP contribution in [0.3, 0.4) is 0 Å². The lowest BCUT2D eigenvalue weighted by atomic mass is 10.2. The lowest BCUT2D eigenvalue weighted by Crippen LogP contribution is -2.41. The minimum atomic E-state index is -0.514. The van der Waals surface area contributed by atoms with Gasteiger partial charge in [-0.25, -0.2) is 0 Å². The molecule has 3 aromatic rings. The number of aromatic nitrogens is 3. The van der Waals surface area contributed by atoms with Gasteiger partial charge < -0.3 is 14.2 Å². The molecule has 128 valence electrons. The van der Waals surface area contributed by atoms with Gasteiger partial charge in [-0.2, -0.15) is 4.98 Å². The van der Waals surface area contributed by atoms with E-state index in [0.29, 0.717) is 23.2 Å². The number of aryl methyl sites for hydroxylation is 1. The van der Waals surface area contributed by atoms with Crippen molar-refractivity contribution in [2.24, 2.45) is 0 Å². The summed E-state index contributed by atoms with van der Waals surface area (Å²) in [7, 11) is 0. The van der Waals surface area contributed by atoms with Crippen LogP contribution in [0.4, 0.5) is 0 Å². The summed E-state index contributed by atoms with van der Waals surface area (Å²) >= 11 is 0. The van der Waals surface area contributed by atoms with Gasteiger partial charge in [0.15, 0.2) is 6.61 Å². The average Bonchev–Trinajstić information content (AvgIpc) is 3.29. The highest BCUT2D eigenvalue weighted by Crippen LogP contribution is 2.18. The first-order chi connectivity index (χ1) is 12.1. The van der Waals surface area contributed by atoms with E-state index in [1.54, 1.807) is 49.5 Å². The van der Waals surface area contributed by atoms with E-state index in [1.165, 1.54) is 0 Å². The van der Waals surface area contributed by atoms with Crippen LogP contribution in [0.25, 0.3) is 0 Å². The molecule has 2 aromatic heterocycles. The summed E-state index contributed by atoms with van der Waals surface area (Å²) in [5.41, 5.74) is 5.25. The van der Waals surface area contributed by atoms with Crippen LogP contribution in [0.5, 0.6) is 5.75 Å². The van der Waals surface area contributed by atoms with Crippen molar-refractivity contribution in [1.29, 1.82) is 0 Å². The largest absolute Gasteiger partial charge is 0.485 e. The second-order valence-corrected chi connectivity index (χ2v) is 5.01. The van der Waals surface area contributed by atoms with Crippen LogP contribution in [0.15, 0.2) is 47.1 Å². The summed E-state index contributed by atoms with van der Waals surface area (Å²) in [4.78, 5) is 30.9. The molecule has 3 N–H and O–H groups in total. The lowest BCUT2D eigenvalue weighted by molar-refractivity contribution is 0.0841. The summed E-state index contributed by atoms with van der Waals surface area (Å²) in [6.07, 6.45) is 1.61. The molecule has 0 aliphatic carbocycles. The molecule has 0 bridgehead atoms. The fourth-order valence-corrected chi connectivity index (χ4v) is 2.04. The van der Waals surface area contributed by atoms with Crippen LogP contribution in [0.1, 0.15) is 32.6 Å². The minimum absolute atomic E-state index is 0.0521. The molecule has 0 radical (unpaired) electrons. The average molecular weight is 341 g/mol. The second-order valence-electron chi connectivity index (χ2n) is 5.01. The predicted molar refractivity (Wildman–Crippen MR) is 85.5 cm³/mol. The maximum Gasteiger partial charge on any atom is 0.286 e. The summed E-state index contributed by atoms with van der Waals surface area (Å²) in [5.74, 6) is 0.153. The van der Waals surface area contributed by atoms with E-state index in [1.807, 2.05) is 0 Å². The standard InChI is InChI=1S/C16H15N5O4/c1-10-18-14(21-25-10)9-24-13-7-3-2-5-11(13)15(22)19-20-16(23)12-6-4-8-17-12/h2-8,17H,9H2,1H3,(H,19,22)(H,20,23). The number of nitrogens with zero attached hydrogens (tertiary/aromatic N) is 2. The first kappa shape index (κ1) is 16.2. The molecule has 3 rings (SSSR count). The number of carbonyl (C=O) groups excluding carboxylic acids is 2. The topological polar surface area (TPSA) is 122 Å². The molecule has 0 aliphatic heterocycles. The van der Waals surface area contributed by atoms with Crippen LogP contribution in [-0.2, 0) is 6.61 Å². The van der Waals surface area contributed by atoms with Crippen LogP contribution >= 0.6 is 0 Å². The number of nitrogens with one attached hydrogen (secondary N) is 3. The van der Waals surface area contributed by atoms with E-state index in [9.17, 15) is 9.59 Å². The van der Waals surface area contributed by atoms with E-state index in [2.05, 4.69) is 26.0 Å². The first-order valence-corrected chi connectivity index (χ1v) is 7.38. The highest BCUT2D eigenvalue weighted by Gasteiger charge is 2.14. The van der Waals surface area contributed by atoms with Gasteiger partial charge in [0.2, 0.25) is 11.7 Å². The third-order valence-electron chi connectivity index (χ3n) is 3.19. The van der Waals surface area contributed by atoms with Crippen molar-refractivity contribution in [2.75, 3.05) is 0 Å². The van der Waals surface area contributed by atoms with E-state index < -0.39 is 11.8 Å². The number of rotatable bonds is 5. The molecule has 2 heterocycles. The van der Waals surface area contributed by atoms with Gasteiger partial charge in [-0.3, -0.25) is 20.4 Å². The summed E-state index contributed by atoms with van der Waals surface area (Å²) in [6.45, 7) is 1.72. The van der Waals surface area contributed by atoms with Crippen LogP contribution in [0, 0.1) is 6.92 Å². The molecule has 2 amide bonds. The van der Waals surface area contributed by atoms with Crippen molar-refractivity contribution < 1.29 is 18.8 Å². The number of hydrogen-bond donors (Lipinski definition) is 3. The van der Waals surface area contributed by atoms with Gasteiger partial charge in [-0.1, -0.05) is 17.3 Å². The molecule has 0 atom stereocenters. The van der Waals surface area contributed by atoms with Crippen molar-refractivity contribution in [1.82, 2.24) is 26.0 Å². The first-order valence-electron chi connectivity index (χ1n) is 7.38. The van der Waals surface area contributed by atoms with Crippen LogP contribution in [0.2, 0.25) is 0 Å². The Labute approximate surface area is 142 Å². The molecule has 0 aliphatic rings. The van der Waals surface area contributed by atoms with Crippen molar-refractivity contribution in [3.8, 4) is 5.75 Å². The van der Waals surface area contributed by atoms with Crippen molar-refractivity contribution >= 4 is 11.8 Å². The Balaban J connectivity index is 1.63. The zero-order valence-electron chi connectivity index (χ0n) is 13.3. The third kappa shape index (κ3) is 4.02. The molecule has 25 heavy (non-hydrogen) atoms. The fourth-order valence-electron chi connectivity index (χ4n) is 2.04. The Bertz CT molecular complexity index is 872. The van der Waals surface area contributed by atoms with Gasteiger partial charge in [0, 0.05) is 13.1 Å². The highest BCUT2D eigenvalue weighted by atomic mass is 16.5. The Morgan fingerprint density at radius 3 is 2.68 bits per heavy atom. The van der Waals surface area contributed by atoms with Crippen molar-refractivity contribution in [3.63, 3.8) is 0 Å². The quantitative estimate of drug-likeness (QED) is 0.602. The summed E-state index contributed by atoms with van der Waals surface area (Å²) < 4.78 is 10.4. The minimum Gasteiger partial charge on any atom is -0.485 e. The molecule has 1 aromatic carbocycles. The highest BCUT2D eigenvalue weighted by molar-refractivity contribution is 5.99. The van der Waals surface area contributed by atoms with E-state index in [4.69, 9.17) is 9.26 Å². The second kappa shape index (κ2) is 7.30. The molecule has 0 saturated heterocycles. The zero-order valence-corrected chi connectivity index (χ0v) is 13.3. The van der Waals surface area contributed by atoms with Gasteiger partial charge in [-0.05, 0) is 24.3 Å². The molecular weight excluding hydrogens is 326 g/mol. The number of hydrogen-bond acceptors (Lipinski definition) is 6. The number of hydrazine groups is 1. The van der Waals surface area contributed by atoms with Gasteiger partial charge >= 0.3 is 0 Å². The van der Waals surface area contributed by atoms with Crippen LogP contribution in [-0.4, -0.2) is 26.9 Å². The summed E-state index contributed by atoms with van der Waals surface area (Å²) in [5, 5.41) is 3.72. The number of H-pyrrole nitrogens is 1. The Morgan fingerprint density at radius 1 is 1.16 bits per heavy atom. The number of carbonyl (C=O) groups is 2. The number of aromatic amines is 1. The zero-order chi connectivity index (χ0) is 17.6. The third-order valence-corrected chi connectivity index (χ3v) is 3.19. The molecule has 0 spiro atoms. The number of benzene rings is 1. The SMILES string of the molecule is Cc1nc(COc2ccccc2C(=O)NNC(=O)c2ccc[nH]2)no1. The Morgan fingerprint density at radius 2 is 1.96 bits per heavy atom. The molecule has 9 nitrogen and oxygen atoms in total. The molecular formula is C16H15N5O4. The number of para-hydroxylation sites is 1. The monoisotopic (exact) mass is 341 g/mol. The molecule has 9 heteroatoms. The Kier molecular flexibility index (Phi) is 4.74. The van der Waals surface area contributed by atoms with Gasteiger partial charge in [0.25, 0.3) is 11.8 Å². The number of ether oxygens (including phenoxy) is 1. The predicted octanol–water partition coefficient (Wildman–Crippen LogP) is 1.36. The number of amides is 2. The Hall–Kier alpha value is -3.62. The van der Waals surface area contributed by atoms with E-state index in [-0.39, 0.29) is 12.2 Å².